The fourth-order valence-electron chi connectivity index (χ4n) is 3.18. The smallest absolute Gasteiger partial charge is 0.293 e. The number of nitrogens with zero attached hydrogens (tertiary/aromatic N) is 1. The van der Waals surface area contributed by atoms with Gasteiger partial charge in [-0.2, -0.15) is 0 Å². The van der Waals surface area contributed by atoms with Crippen LogP contribution in [0.25, 0.3) is 6.08 Å². The average molecular weight is 467 g/mol. The molecule has 0 bridgehead atoms. The fraction of sp³-hybridized carbons (Fsp3) is 0.280. The van der Waals surface area contributed by atoms with Gasteiger partial charge in [0.25, 0.3) is 11.1 Å². The molecule has 172 valence electrons. The van der Waals surface area contributed by atoms with Gasteiger partial charge < -0.3 is 10.1 Å². The third-order valence-corrected chi connectivity index (χ3v) is 5.88. The summed E-state index contributed by atoms with van der Waals surface area (Å²) in [5, 5.41) is 2.31. The van der Waals surface area contributed by atoms with Gasteiger partial charge in [-0.05, 0) is 61.5 Å². The number of thioether (sulfide) groups is 1. The van der Waals surface area contributed by atoms with E-state index in [0.29, 0.717) is 22.8 Å². The molecule has 2 aromatic carbocycles. The lowest BCUT2D eigenvalue weighted by molar-refractivity contribution is -0.124. The second-order valence-corrected chi connectivity index (χ2v) is 8.47. The summed E-state index contributed by atoms with van der Waals surface area (Å²) in [5.74, 6) is -0.129. The molecule has 2 aromatic rings. The van der Waals surface area contributed by atoms with E-state index in [1.807, 2.05) is 38.1 Å². The summed E-state index contributed by atoms with van der Waals surface area (Å²) >= 11 is 0.888. The van der Waals surface area contributed by atoms with E-state index in [1.165, 1.54) is 0 Å². The molecule has 0 spiro atoms. The summed E-state index contributed by atoms with van der Waals surface area (Å²) in [6.45, 7) is 4.61. The maximum atomic E-state index is 12.5. The quantitative estimate of drug-likeness (QED) is 0.417. The Morgan fingerprint density at radius 3 is 2.39 bits per heavy atom. The second kappa shape index (κ2) is 11.5. The zero-order valence-corrected chi connectivity index (χ0v) is 19.4. The number of Topliss-reactive ketones (excluding diaryl/α,β-unsaturated/α-hetero) is 1. The van der Waals surface area contributed by atoms with Gasteiger partial charge in [0, 0.05) is 31.5 Å². The van der Waals surface area contributed by atoms with Gasteiger partial charge in [0.15, 0.2) is 5.78 Å². The van der Waals surface area contributed by atoms with Crippen molar-refractivity contribution in [3.63, 3.8) is 0 Å². The van der Waals surface area contributed by atoms with Crippen LogP contribution in [0.15, 0.2) is 53.4 Å². The Labute approximate surface area is 197 Å². The van der Waals surface area contributed by atoms with E-state index >= 15 is 0 Å². The predicted molar refractivity (Wildman–Crippen MR) is 128 cm³/mol. The number of carbonyl (C=O) groups excluding carboxylic acids is 4. The molecule has 0 radical (unpaired) electrons. The molecule has 0 atom stereocenters. The average Bonchev–Trinajstić information content (AvgIpc) is 3.07. The summed E-state index contributed by atoms with van der Waals surface area (Å²) in [6.07, 6.45) is 1.79. The van der Waals surface area contributed by atoms with Gasteiger partial charge in [-0.25, -0.2) is 0 Å². The van der Waals surface area contributed by atoms with Crippen LogP contribution in [0.2, 0.25) is 0 Å². The molecule has 1 heterocycles. The number of hydrogen-bond acceptors (Lipinski definition) is 6. The molecule has 0 aromatic heterocycles. The zero-order chi connectivity index (χ0) is 23.8. The monoisotopic (exact) mass is 466 g/mol. The van der Waals surface area contributed by atoms with Gasteiger partial charge >= 0.3 is 0 Å². The standard InChI is InChI=1S/C25H26N2O5S/c1-3-32-20-10-8-19(9-11-20)21(28)12-13-23(29)26-14-15-27-24(30)22(33-25(27)31)16-18-6-4-17(2)5-7-18/h4-11,16H,3,12-15H2,1-2H3,(H,26,29)/b22-16-. The Morgan fingerprint density at radius 2 is 1.73 bits per heavy atom. The number of nitrogens with one attached hydrogen (secondary N) is 1. The number of rotatable bonds is 10. The number of ether oxygens (including phenoxy) is 1. The zero-order valence-electron chi connectivity index (χ0n) is 18.6. The lowest BCUT2D eigenvalue weighted by Crippen LogP contribution is -2.37. The number of carbonyl (C=O) groups is 4. The van der Waals surface area contributed by atoms with Crippen molar-refractivity contribution in [2.24, 2.45) is 0 Å². The molecule has 0 saturated carbocycles. The highest BCUT2D eigenvalue weighted by atomic mass is 32.2. The number of amides is 3. The van der Waals surface area contributed by atoms with Crippen molar-refractivity contribution >= 4 is 40.7 Å². The summed E-state index contributed by atoms with van der Waals surface area (Å²) in [4.78, 5) is 50.6. The molecule has 1 saturated heterocycles. The predicted octanol–water partition coefficient (Wildman–Crippen LogP) is 4.21. The van der Waals surface area contributed by atoms with E-state index in [-0.39, 0.29) is 48.8 Å². The molecule has 0 unspecified atom stereocenters. The highest BCUT2D eigenvalue weighted by Gasteiger charge is 2.34. The number of hydrogen-bond donors (Lipinski definition) is 1. The van der Waals surface area contributed by atoms with Crippen LogP contribution in [-0.2, 0) is 9.59 Å². The lowest BCUT2D eigenvalue weighted by atomic mass is 10.1. The van der Waals surface area contributed by atoms with Crippen LogP contribution in [0.5, 0.6) is 5.75 Å². The molecule has 33 heavy (non-hydrogen) atoms. The van der Waals surface area contributed by atoms with Gasteiger partial charge in [0.2, 0.25) is 5.91 Å². The minimum Gasteiger partial charge on any atom is -0.494 e. The minimum atomic E-state index is -0.370. The molecule has 3 amide bonds. The summed E-state index contributed by atoms with van der Waals surface area (Å²) in [7, 11) is 0. The Bertz CT molecular complexity index is 1060. The normalized spacial score (nSPS) is 14.6. The maximum Gasteiger partial charge on any atom is 0.293 e. The molecule has 7 nitrogen and oxygen atoms in total. The summed E-state index contributed by atoms with van der Waals surface area (Å²) in [6, 6.07) is 14.4. The van der Waals surface area contributed by atoms with Crippen LogP contribution in [0, 0.1) is 6.92 Å². The Balaban J connectivity index is 1.43. The van der Waals surface area contributed by atoms with Gasteiger partial charge in [0.05, 0.1) is 11.5 Å². The number of aryl methyl sites for hydroxylation is 1. The number of imide groups is 1. The Hall–Kier alpha value is -3.39. The first-order chi connectivity index (χ1) is 15.9. The molecular formula is C25H26N2O5S. The van der Waals surface area contributed by atoms with Gasteiger partial charge in [-0.15, -0.1) is 0 Å². The van der Waals surface area contributed by atoms with E-state index < -0.39 is 0 Å². The highest BCUT2D eigenvalue weighted by Crippen LogP contribution is 2.31. The number of ketones is 1. The molecule has 3 rings (SSSR count). The Morgan fingerprint density at radius 1 is 1.03 bits per heavy atom. The van der Waals surface area contributed by atoms with Crippen molar-refractivity contribution in [3.8, 4) is 5.75 Å². The molecule has 1 N–H and O–H groups in total. The molecule has 1 aliphatic heterocycles. The van der Waals surface area contributed by atoms with Crippen LogP contribution in [0.1, 0.15) is 41.3 Å². The van der Waals surface area contributed by atoms with Gasteiger partial charge in [-0.1, -0.05) is 29.8 Å². The molecule has 0 aliphatic carbocycles. The van der Waals surface area contributed by atoms with E-state index in [9.17, 15) is 19.2 Å². The molecule has 8 heteroatoms. The van der Waals surface area contributed by atoms with E-state index in [4.69, 9.17) is 4.74 Å². The molecule has 1 fully saturated rings. The van der Waals surface area contributed by atoms with E-state index in [1.54, 1.807) is 30.3 Å². The van der Waals surface area contributed by atoms with Crippen LogP contribution in [-0.4, -0.2) is 47.4 Å². The minimum absolute atomic E-state index is 0.0290. The maximum absolute atomic E-state index is 12.5. The highest BCUT2D eigenvalue weighted by molar-refractivity contribution is 8.18. The first kappa shape index (κ1) is 24.3. The van der Waals surface area contributed by atoms with Gasteiger partial charge in [-0.3, -0.25) is 24.1 Å². The topological polar surface area (TPSA) is 92.8 Å². The van der Waals surface area contributed by atoms with Crippen molar-refractivity contribution < 1.29 is 23.9 Å². The van der Waals surface area contributed by atoms with Crippen LogP contribution >= 0.6 is 11.8 Å². The lowest BCUT2D eigenvalue weighted by Gasteiger charge is -2.13. The third-order valence-electron chi connectivity index (χ3n) is 4.97. The van der Waals surface area contributed by atoms with E-state index in [2.05, 4.69) is 5.32 Å². The summed E-state index contributed by atoms with van der Waals surface area (Å²) in [5.41, 5.74) is 2.47. The second-order valence-electron chi connectivity index (χ2n) is 7.47. The summed E-state index contributed by atoms with van der Waals surface area (Å²) < 4.78 is 5.35. The van der Waals surface area contributed by atoms with Crippen molar-refractivity contribution in [2.75, 3.05) is 19.7 Å². The third kappa shape index (κ3) is 6.79. The van der Waals surface area contributed by atoms with Crippen molar-refractivity contribution in [3.05, 3.63) is 70.1 Å². The van der Waals surface area contributed by atoms with Crippen LogP contribution in [0.3, 0.4) is 0 Å². The first-order valence-electron chi connectivity index (χ1n) is 10.7. The Kier molecular flexibility index (Phi) is 8.43. The fourth-order valence-corrected chi connectivity index (χ4v) is 4.04. The van der Waals surface area contributed by atoms with Crippen molar-refractivity contribution in [2.45, 2.75) is 26.7 Å². The van der Waals surface area contributed by atoms with E-state index in [0.717, 1.165) is 27.8 Å². The largest absolute Gasteiger partial charge is 0.494 e. The van der Waals surface area contributed by atoms with Crippen molar-refractivity contribution in [1.29, 1.82) is 0 Å². The number of benzene rings is 2. The SMILES string of the molecule is CCOc1ccc(C(=O)CCC(=O)NCCN2C(=O)S/C(=C\c3ccc(C)cc3)C2=O)cc1. The van der Waals surface area contributed by atoms with Crippen LogP contribution < -0.4 is 10.1 Å². The molecule has 1 aliphatic rings. The first-order valence-corrected chi connectivity index (χ1v) is 11.5. The van der Waals surface area contributed by atoms with Gasteiger partial charge in [0.1, 0.15) is 5.75 Å². The molecular weight excluding hydrogens is 440 g/mol. The van der Waals surface area contributed by atoms with Crippen LogP contribution in [0.4, 0.5) is 4.79 Å². The van der Waals surface area contributed by atoms with Crippen molar-refractivity contribution in [1.82, 2.24) is 10.2 Å².